The molecule has 0 aromatic heterocycles. The van der Waals surface area contributed by atoms with Crippen molar-refractivity contribution in [3.63, 3.8) is 0 Å². The molecule has 3 aromatic carbocycles. The van der Waals surface area contributed by atoms with Gasteiger partial charge in [0.1, 0.15) is 12.4 Å². The molecule has 4 N–H and O–H groups in total. The molecule has 11 nitrogen and oxygen atoms in total. The third kappa shape index (κ3) is 13.7. The minimum atomic E-state index is -1.57. The van der Waals surface area contributed by atoms with Crippen LogP contribution in [0.15, 0.2) is 77.8 Å². The Hall–Kier alpha value is -3.78. The average Bonchev–Trinajstić information content (AvgIpc) is 3.06. The van der Waals surface area contributed by atoms with Crippen LogP contribution < -0.4 is 20.8 Å². The number of amides is 2. The van der Waals surface area contributed by atoms with E-state index in [4.69, 9.17) is 45.6 Å². The molecule has 13 heteroatoms. The second-order valence-corrected chi connectivity index (χ2v) is 10.3. The van der Waals surface area contributed by atoms with Crippen LogP contribution in [0.1, 0.15) is 34.8 Å². The highest BCUT2D eigenvalue weighted by Gasteiger charge is 2.12. The van der Waals surface area contributed by atoms with Crippen LogP contribution in [0.4, 0.5) is 0 Å². The lowest BCUT2D eigenvalue weighted by Gasteiger charge is -2.12. The van der Waals surface area contributed by atoms with Gasteiger partial charge in [0.25, 0.3) is 5.91 Å². The van der Waals surface area contributed by atoms with E-state index in [-0.39, 0.29) is 11.8 Å². The smallest absolute Gasteiger partial charge is 0.488 e. The van der Waals surface area contributed by atoms with Gasteiger partial charge >= 0.3 is 7.12 Å². The Labute approximate surface area is 275 Å². The summed E-state index contributed by atoms with van der Waals surface area (Å²) in [5.41, 5.74) is 3.25. The number of benzene rings is 3. The molecule has 0 aliphatic carbocycles. The van der Waals surface area contributed by atoms with Crippen molar-refractivity contribution in [2.75, 3.05) is 65.9 Å². The van der Waals surface area contributed by atoms with E-state index in [1.807, 2.05) is 55.5 Å². The number of nitrogens with zero attached hydrogens (tertiary/aromatic N) is 1. The topological polar surface area (TPSA) is 148 Å². The van der Waals surface area contributed by atoms with Gasteiger partial charge in [-0.1, -0.05) is 48.0 Å². The summed E-state index contributed by atoms with van der Waals surface area (Å²) < 4.78 is 22.5. The van der Waals surface area contributed by atoms with Gasteiger partial charge in [0.15, 0.2) is 0 Å². The van der Waals surface area contributed by atoms with Gasteiger partial charge in [0.2, 0.25) is 5.91 Å². The number of hydrogen-bond donors (Lipinski definition) is 4. The van der Waals surface area contributed by atoms with E-state index in [0.717, 1.165) is 16.8 Å². The van der Waals surface area contributed by atoms with Crippen LogP contribution in [-0.4, -0.2) is 101 Å². The number of aliphatic imine (C=N–C) groups is 1. The van der Waals surface area contributed by atoms with E-state index < -0.39 is 7.12 Å². The molecule has 0 fully saturated rings. The van der Waals surface area contributed by atoms with E-state index >= 15 is 0 Å². The zero-order chi connectivity index (χ0) is 33.0. The second kappa shape index (κ2) is 21.1. The van der Waals surface area contributed by atoms with Crippen molar-refractivity contribution in [2.45, 2.75) is 13.3 Å². The normalized spacial score (nSPS) is 11.3. The first-order valence-electron chi connectivity index (χ1n) is 15.1. The number of rotatable bonds is 21. The van der Waals surface area contributed by atoms with Gasteiger partial charge in [-0.3, -0.25) is 14.6 Å². The molecule has 0 heterocycles. The Bertz CT molecular complexity index is 1370. The average molecular weight is 654 g/mol. The summed E-state index contributed by atoms with van der Waals surface area (Å²) in [6.45, 7) is 5.83. The molecule has 0 aliphatic heterocycles. The van der Waals surface area contributed by atoms with Crippen LogP contribution in [-0.2, 0) is 19.0 Å². The molecular formula is C33H41BClN3O8. The lowest BCUT2D eigenvalue weighted by molar-refractivity contribution is -0.120. The van der Waals surface area contributed by atoms with Crippen molar-refractivity contribution in [3.05, 3.63) is 94.5 Å². The summed E-state index contributed by atoms with van der Waals surface area (Å²) in [6, 6.07) is 21.1. The lowest BCUT2D eigenvalue weighted by atomic mass is 9.80. The molecule has 46 heavy (non-hydrogen) atoms. The molecule has 0 unspecified atom stereocenters. The summed E-state index contributed by atoms with van der Waals surface area (Å²) in [7, 11) is -1.57. The standard InChI is InChI=1S/C33H41BClN3O8/c1-2-36-31(39)14-15-37-32(25-8-12-29(35)13-9-25)27-4-3-5-30(24-27)46-23-22-45-21-20-44-19-18-43-17-16-38-33(40)26-6-10-28(11-7-26)34(41)42/h3-13,24,41-42H,2,14-23H2,1H3,(H,36,39)(H,38,40). The molecule has 0 atom stereocenters. The third-order valence-corrected chi connectivity index (χ3v) is 6.70. The third-order valence-electron chi connectivity index (χ3n) is 6.45. The minimum absolute atomic E-state index is 0.0388. The monoisotopic (exact) mass is 653 g/mol. The van der Waals surface area contributed by atoms with Crippen LogP contribution in [0.25, 0.3) is 0 Å². The van der Waals surface area contributed by atoms with Crippen molar-refractivity contribution in [1.29, 1.82) is 0 Å². The van der Waals surface area contributed by atoms with Gasteiger partial charge in [0, 0.05) is 47.8 Å². The summed E-state index contributed by atoms with van der Waals surface area (Å²) in [4.78, 5) is 28.7. The SMILES string of the molecule is CCNC(=O)CCN=C(c1ccc(Cl)cc1)c1cccc(OCCOCCOCCOCCNC(=O)c2ccc(B(O)O)cc2)c1. The maximum Gasteiger partial charge on any atom is 0.488 e. The first kappa shape index (κ1) is 36.7. The molecule has 0 saturated carbocycles. The van der Waals surface area contributed by atoms with Crippen LogP contribution in [0.5, 0.6) is 5.75 Å². The molecule has 3 aromatic rings. The number of ether oxygens (including phenoxy) is 4. The van der Waals surface area contributed by atoms with E-state index in [0.29, 0.717) is 94.1 Å². The Morgan fingerprint density at radius 2 is 1.41 bits per heavy atom. The van der Waals surface area contributed by atoms with Crippen LogP contribution >= 0.6 is 11.6 Å². The van der Waals surface area contributed by atoms with Gasteiger partial charge in [-0.05, 0) is 48.8 Å². The van der Waals surface area contributed by atoms with Crippen molar-refractivity contribution >= 4 is 41.7 Å². The zero-order valence-electron chi connectivity index (χ0n) is 26.0. The predicted octanol–water partition coefficient (Wildman–Crippen LogP) is 2.24. The quantitative estimate of drug-likeness (QED) is 0.0778. The minimum Gasteiger partial charge on any atom is -0.491 e. The molecule has 0 saturated heterocycles. The van der Waals surface area contributed by atoms with Crippen LogP contribution in [0.3, 0.4) is 0 Å². The van der Waals surface area contributed by atoms with Gasteiger partial charge in [0.05, 0.1) is 45.4 Å². The van der Waals surface area contributed by atoms with E-state index in [9.17, 15) is 9.59 Å². The van der Waals surface area contributed by atoms with Gasteiger partial charge in [-0.25, -0.2) is 0 Å². The van der Waals surface area contributed by atoms with Crippen LogP contribution in [0.2, 0.25) is 5.02 Å². The Kier molecular flexibility index (Phi) is 16.8. The van der Waals surface area contributed by atoms with Gasteiger partial charge in [-0.15, -0.1) is 0 Å². The lowest BCUT2D eigenvalue weighted by Crippen LogP contribution is -2.31. The summed E-state index contributed by atoms with van der Waals surface area (Å²) in [5, 5.41) is 24.4. The van der Waals surface area contributed by atoms with Crippen molar-refractivity contribution in [3.8, 4) is 5.75 Å². The molecule has 246 valence electrons. The zero-order valence-corrected chi connectivity index (χ0v) is 26.7. The van der Waals surface area contributed by atoms with Crippen molar-refractivity contribution < 1.29 is 38.6 Å². The number of hydrogen-bond acceptors (Lipinski definition) is 9. The van der Waals surface area contributed by atoms with Crippen LogP contribution in [0, 0.1) is 0 Å². The summed E-state index contributed by atoms with van der Waals surface area (Å²) >= 11 is 6.08. The predicted molar refractivity (Wildman–Crippen MR) is 178 cm³/mol. The fourth-order valence-corrected chi connectivity index (χ4v) is 4.28. The number of nitrogens with one attached hydrogen (secondary N) is 2. The molecule has 0 aliphatic rings. The highest BCUT2D eigenvalue weighted by molar-refractivity contribution is 6.58. The maximum atomic E-state index is 12.1. The molecule has 0 spiro atoms. The first-order valence-corrected chi connectivity index (χ1v) is 15.5. The largest absolute Gasteiger partial charge is 0.491 e. The van der Waals surface area contributed by atoms with E-state index in [2.05, 4.69) is 10.6 Å². The fourth-order valence-electron chi connectivity index (χ4n) is 4.15. The molecule has 0 radical (unpaired) electrons. The number of carbonyl (C=O) groups is 2. The Balaban J connectivity index is 1.28. The van der Waals surface area contributed by atoms with Crippen molar-refractivity contribution in [1.82, 2.24) is 10.6 Å². The van der Waals surface area contributed by atoms with Gasteiger partial charge < -0.3 is 39.6 Å². The van der Waals surface area contributed by atoms with Crippen molar-refractivity contribution in [2.24, 2.45) is 4.99 Å². The molecule has 3 rings (SSSR count). The molecule has 0 bridgehead atoms. The summed E-state index contributed by atoms with van der Waals surface area (Å²) in [6.07, 6.45) is 0.298. The highest BCUT2D eigenvalue weighted by atomic mass is 35.5. The Morgan fingerprint density at radius 1 is 0.783 bits per heavy atom. The number of halogens is 1. The Morgan fingerprint density at radius 3 is 2.07 bits per heavy atom. The maximum absolute atomic E-state index is 12.1. The highest BCUT2D eigenvalue weighted by Crippen LogP contribution is 2.19. The molecule has 2 amide bonds. The summed E-state index contributed by atoms with van der Waals surface area (Å²) in [5.74, 6) is 0.368. The van der Waals surface area contributed by atoms with Gasteiger partial charge in [-0.2, -0.15) is 0 Å². The first-order chi connectivity index (χ1) is 22.4. The fraction of sp³-hybridized carbons (Fsp3) is 0.364. The van der Waals surface area contributed by atoms with E-state index in [1.54, 1.807) is 0 Å². The molecular weight excluding hydrogens is 613 g/mol. The van der Waals surface area contributed by atoms with E-state index in [1.165, 1.54) is 24.3 Å². The second-order valence-electron chi connectivity index (χ2n) is 9.91. The number of carbonyl (C=O) groups excluding carboxylic acids is 2.